The van der Waals surface area contributed by atoms with Crippen LogP contribution in [0.25, 0.3) is 10.8 Å². The van der Waals surface area contributed by atoms with Gasteiger partial charge in [-0.3, -0.25) is 4.79 Å². The van der Waals surface area contributed by atoms with Crippen LogP contribution < -0.4 is 4.90 Å². The molecule has 0 saturated carbocycles. The summed E-state index contributed by atoms with van der Waals surface area (Å²) in [5.41, 5.74) is 1.23. The first-order chi connectivity index (χ1) is 20.4. The third kappa shape index (κ3) is 7.22. The molecule has 0 radical (unpaired) electrons. The number of anilines is 1. The molecule has 0 aromatic heterocycles. The molecule has 5 rings (SSSR count). The lowest BCUT2D eigenvalue weighted by molar-refractivity contribution is -0.134. The Morgan fingerprint density at radius 2 is 1.88 bits per heavy atom. The van der Waals surface area contributed by atoms with Crippen molar-refractivity contribution >= 4 is 34.2 Å². The van der Waals surface area contributed by atoms with Crippen LogP contribution in [0.5, 0.6) is 0 Å². The number of likely N-dealkylation sites (tertiary alicyclic amines) is 1. The van der Waals surface area contributed by atoms with E-state index in [4.69, 9.17) is 14.7 Å². The Bertz CT molecular complexity index is 1330. The topological polar surface area (TPSA) is 87.8 Å². The summed E-state index contributed by atoms with van der Waals surface area (Å²) in [6, 6.07) is 17.7. The molecule has 3 aliphatic heterocycles. The first-order valence-electron chi connectivity index (χ1n) is 15.6. The number of amidine groups is 2. The molecule has 9 nitrogen and oxygen atoms in total. The van der Waals surface area contributed by atoms with Gasteiger partial charge in [-0.2, -0.15) is 10.3 Å². The maximum absolute atomic E-state index is 12.6. The number of amides is 1. The number of piperazine rings is 1. The molecule has 42 heavy (non-hydrogen) atoms. The Balaban J connectivity index is 1.42. The summed E-state index contributed by atoms with van der Waals surface area (Å²) in [4.78, 5) is 31.7. The van der Waals surface area contributed by atoms with Gasteiger partial charge in [-0.15, -0.1) is 0 Å². The summed E-state index contributed by atoms with van der Waals surface area (Å²) < 4.78 is 6.37. The molecular formula is C33H45N7O2. The van der Waals surface area contributed by atoms with E-state index < -0.39 is 0 Å². The molecule has 2 aromatic carbocycles. The van der Waals surface area contributed by atoms with Gasteiger partial charge in [-0.1, -0.05) is 43.3 Å². The second-order valence-corrected chi connectivity index (χ2v) is 12.0. The zero-order chi connectivity index (χ0) is 29.5. The van der Waals surface area contributed by atoms with Crippen molar-refractivity contribution in [1.29, 1.82) is 5.26 Å². The van der Waals surface area contributed by atoms with Crippen LogP contribution in [0.3, 0.4) is 0 Å². The number of nitriles is 1. The van der Waals surface area contributed by atoms with Crippen molar-refractivity contribution in [1.82, 2.24) is 14.7 Å². The van der Waals surface area contributed by atoms with Gasteiger partial charge in [0.1, 0.15) is 5.84 Å². The molecule has 2 unspecified atom stereocenters. The molecule has 1 amide bonds. The molecule has 9 heteroatoms. The fourth-order valence-corrected chi connectivity index (χ4v) is 6.52. The van der Waals surface area contributed by atoms with Crippen molar-refractivity contribution < 1.29 is 9.53 Å². The molecule has 2 fully saturated rings. The maximum atomic E-state index is 12.6. The van der Waals surface area contributed by atoms with Gasteiger partial charge in [0.05, 0.1) is 31.2 Å². The zero-order valence-corrected chi connectivity index (χ0v) is 25.4. The molecule has 0 bridgehead atoms. The number of benzene rings is 2. The highest BCUT2D eigenvalue weighted by atomic mass is 16.5. The number of ether oxygens (including phenoxy) is 1. The molecule has 3 heterocycles. The molecule has 2 aromatic rings. The van der Waals surface area contributed by atoms with Gasteiger partial charge >= 0.3 is 6.02 Å². The van der Waals surface area contributed by atoms with E-state index in [0.29, 0.717) is 51.0 Å². The van der Waals surface area contributed by atoms with Crippen LogP contribution >= 0.6 is 0 Å². The molecule has 0 aliphatic carbocycles. The highest BCUT2D eigenvalue weighted by Gasteiger charge is 2.31. The maximum Gasteiger partial charge on any atom is 0.313 e. The fraction of sp³-hybridized carbons (Fsp3) is 0.576. The highest BCUT2D eigenvalue weighted by Crippen LogP contribution is 2.28. The smallest absolute Gasteiger partial charge is 0.313 e. The third-order valence-corrected chi connectivity index (χ3v) is 8.71. The lowest BCUT2D eigenvalue weighted by Gasteiger charge is -2.42. The first kappa shape index (κ1) is 29.8. The third-order valence-electron chi connectivity index (χ3n) is 8.71. The number of carbonyl (C=O) groups excluding carboxylic acids is 1. The quantitative estimate of drug-likeness (QED) is 0.529. The number of aliphatic imine (C=N–C) groups is 2. The molecule has 224 valence electrons. The van der Waals surface area contributed by atoms with E-state index >= 15 is 0 Å². The highest BCUT2D eigenvalue weighted by molar-refractivity contribution is 5.95. The van der Waals surface area contributed by atoms with Crippen LogP contribution in [-0.2, 0) is 9.53 Å². The van der Waals surface area contributed by atoms with E-state index in [1.54, 1.807) is 0 Å². The first-order valence-corrected chi connectivity index (χ1v) is 15.6. The number of hydrogen-bond donors (Lipinski definition) is 0. The molecule has 0 N–H and O–H groups in total. The van der Waals surface area contributed by atoms with Gasteiger partial charge in [-0.25, -0.2) is 4.99 Å². The molecule has 2 saturated heterocycles. The van der Waals surface area contributed by atoms with E-state index in [-0.39, 0.29) is 18.0 Å². The Labute approximate surface area is 250 Å². The summed E-state index contributed by atoms with van der Waals surface area (Å²) >= 11 is 0. The fourth-order valence-electron chi connectivity index (χ4n) is 6.52. The van der Waals surface area contributed by atoms with E-state index in [0.717, 1.165) is 51.3 Å². The summed E-state index contributed by atoms with van der Waals surface area (Å²) in [6.07, 6.45) is 3.57. The predicted octanol–water partition coefficient (Wildman–Crippen LogP) is 4.39. The average Bonchev–Trinajstić information content (AvgIpc) is 3.43. The Morgan fingerprint density at radius 1 is 1.05 bits per heavy atom. The Hall–Kier alpha value is -3.64. The van der Waals surface area contributed by atoms with Crippen LogP contribution in [0.4, 0.5) is 5.69 Å². The average molecular weight is 572 g/mol. The van der Waals surface area contributed by atoms with Crippen LogP contribution in [0.1, 0.15) is 46.0 Å². The number of hydrogen-bond acceptors (Lipinski definition) is 8. The van der Waals surface area contributed by atoms with Crippen molar-refractivity contribution in [3.8, 4) is 6.07 Å². The van der Waals surface area contributed by atoms with Gasteiger partial charge in [0, 0.05) is 69.1 Å². The van der Waals surface area contributed by atoms with Crippen molar-refractivity contribution in [2.45, 2.75) is 58.0 Å². The van der Waals surface area contributed by atoms with Gasteiger partial charge in [0.25, 0.3) is 0 Å². The molecular weight excluding hydrogens is 526 g/mol. The van der Waals surface area contributed by atoms with Gasteiger partial charge < -0.3 is 24.3 Å². The molecule has 3 atom stereocenters. The van der Waals surface area contributed by atoms with E-state index in [1.807, 2.05) is 11.8 Å². The van der Waals surface area contributed by atoms with Gasteiger partial charge in [0.2, 0.25) is 5.91 Å². The Kier molecular flexibility index (Phi) is 9.96. The minimum atomic E-state index is -0.143. The second-order valence-electron chi connectivity index (χ2n) is 12.0. The van der Waals surface area contributed by atoms with Crippen molar-refractivity contribution in [3.63, 3.8) is 0 Å². The van der Waals surface area contributed by atoms with E-state index in [9.17, 15) is 10.1 Å². The van der Waals surface area contributed by atoms with Crippen molar-refractivity contribution in [2.24, 2.45) is 15.9 Å². The zero-order valence-electron chi connectivity index (χ0n) is 25.4. The summed E-state index contributed by atoms with van der Waals surface area (Å²) in [6.45, 7) is 10.3. The normalized spacial score (nSPS) is 26.7. The van der Waals surface area contributed by atoms with E-state index in [1.165, 1.54) is 16.5 Å². The van der Waals surface area contributed by atoms with Gasteiger partial charge in [-0.05, 0) is 44.8 Å². The van der Waals surface area contributed by atoms with Crippen LogP contribution in [-0.4, -0.2) is 104 Å². The number of fused-ring (bicyclic) bond motifs is 1. The minimum Gasteiger partial charge on any atom is -0.463 e. The lowest BCUT2D eigenvalue weighted by Crippen LogP contribution is -2.56. The van der Waals surface area contributed by atoms with Crippen molar-refractivity contribution in [3.05, 3.63) is 42.5 Å². The van der Waals surface area contributed by atoms with Crippen molar-refractivity contribution in [2.75, 3.05) is 64.4 Å². The van der Waals surface area contributed by atoms with E-state index in [2.05, 4.69) is 77.2 Å². The van der Waals surface area contributed by atoms with Crippen LogP contribution in [0, 0.1) is 17.2 Å². The number of carbonyl (C=O) groups is 1. The predicted molar refractivity (Wildman–Crippen MR) is 169 cm³/mol. The summed E-state index contributed by atoms with van der Waals surface area (Å²) in [7, 11) is 2.15. The SMILES string of the molecule is CCC(=O)N1CCN(/C2=N/C(OCC3CCN(C)C3)=N\C(C)CN(c3cccc4ccccc34)CCC2)C[C@@H]1CC#N. The van der Waals surface area contributed by atoms with Crippen LogP contribution in [0.15, 0.2) is 52.4 Å². The minimum absolute atomic E-state index is 0.0151. The number of nitrogens with zero attached hydrogens (tertiary/aromatic N) is 7. The number of rotatable bonds is 5. The monoisotopic (exact) mass is 571 g/mol. The summed E-state index contributed by atoms with van der Waals surface area (Å²) in [5, 5.41) is 12.0. The summed E-state index contributed by atoms with van der Waals surface area (Å²) in [5.74, 6) is 1.52. The van der Waals surface area contributed by atoms with Crippen LogP contribution in [0.2, 0.25) is 0 Å². The molecule has 0 spiro atoms. The molecule has 3 aliphatic rings. The Morgan fingerprint density at radius 3 is 2.67 bits per heavy atom. The van der Waals surface area contributed by atoms with Gasteiger partial charge in [0.15, 0.2) is 0 Å². The second kappa shape index (κ2) is 14.0. The standard InChI is InChI=1S/C33H45N7O2/c1-4-32(41)40-20-19-39(23-28(40)14-16-34)31-13-8-17-38(30-12-7-10-27-9-5-6-11-29(27)30)21-25(2)35-33(36-31)42-24-26-15-18-37(3)22-26/h5-7,9-12,25-26,28H,4,8,13-15,17-24H2,1-3H3/b35-33+,36-31+/t25?,26?,28-/m0/s1. The lowest BCUT2D eigenvalue weighted by atomic mass is 10.1. The largest absolute Gasteiger partial charge is 0.463 e.